The molecule has 0 spiro atoms. The molecule has 0 fully saturated rings. The molecule has 3 N–H and O–H groups in total. The minimum Gasteiger partial charge on any atom is -0.479 e. The molecule has 3 rings (SSSR count). The summed E-state index contributed by atoms with van der Waals surface area (Å²) in [5.41, 5.74) is 9.23. The number of carboxylic acids is 1. The first-order valence-corrected chi connectivity index (χ1v) is 11.2. The van der Waals surface area contributed by atoms with Gasteiger partial charge >= 0.3 is 5.97 Å². The maximum Gasteiger partial charge on any atom is 0.340 e. The lowest BCUT2D eigenvalue weighted by molar-refractivity contribution is -0.139. The van der Waals surface area contributed by atoms with E-state index in [1.165, 1.54) is 12.1 Å². The zero-order valence-corrected chi connectivity index (χ0v) is 18.2. The molecule has 5 nitrogen and oxygen atoms in total. The van der Waals surface area contributed by atoms with E-state index in [2.05, 4.69) is 17.8 Å². The normalized spacial score (nSPS) is 12.7. The zero-order chi connectivity index (χ0) is 23.4. The van der Waals surface area contributed by atoms with Crippen LogP contribution >= 0.6 is 0 Å². The van der Waals surface area contributed by atoms with E-state index in [-0.39, 0.29) is 10.5 Å². The van der Waals surface area contributed by atoms with E-state index in [0.717, 1.165) is 11.1 Å². The molecule has 160 valence electrons. The number of rotatable bonds is 5. The van der Waals surface area contributed by atoms with Crippen molar-refractivity contribution in [3.8, 4) is 35.3 Å². The predicted molar refractivity (Wildman–Crippen MR) is 124 cm³/mol. The van der Waals surface area contributed by atoms with Gasteiger partial charge in [0.25, 0.3) is 0 Å². The Morgan fingerprint density at radius 2 is 1.66 bits per heavy atom. The van der Waals surface area contributed by atoms with E-state index in [0.29, 0.717) is 11.1 Å². The Kier molecular flexibility index (Phi) is 6.50. The van der Waals surface area contributed by atoms with Gasteiger partial charge in [0, 0.05) is 11.1 Å². The quantitative estimate of drug-likeness (QED) is 0.587. The van der Waals surface area contributed by atoms with Crippen LogP contribution in [0.5, 0.6) is 0 Å². The van der Waals surface area contributed by atoms with Gasteiger partial charge in [0.15, 0.2) is 0 Å². The van der Waals surface area contributed by atoms with Crippen LogP contribution < -0.4 is 5.73 Å². The van der Waals surface area contributed by atoms with E-state index < -0.39 is 27.1 Å². The molecule has 0 saturated heterocycles. The molecule has 3 aromatic carbocycles. The van der Waals surface area contributed by atoms with Gasteiger partial charge in [0.1, 0.15) is 0 Å². The molecule has 0 saturated carbocycles. The Morgan fingerprint density at radius 1 is 1.03 bits per heavy atom. The molecule has 6 heteroatoms. The van der Waals surface area contributed by atoms with E-state index in [4.69, 9.17) is 12.2 Å². The Labute approximate surface area is 187 Å². The first-order chi connectivity index (χ1) is 15.2. The molecule has 0 radical (unpaired) electrons. The van der Waals surface area contributed by atoms with Crippen molar-refractivity contribution in [2.75, 3.05) is 0 Å². The predicted octanol–water partition coefficient (Wildman–Crippen LogP) is 3.60. The summed E-state index contributed by atoms with van der Waals surface area (Å²) in [7, 11) is -4.57. The topological polar surface area (TPSA) is 97.5 Å². The van der Waals surface area contributed by atoms with E-state index in [9.17, 15) is 18.3 Å². The third kappa shape index (κ3) is 4.43. The van der Waals surface area contributed by atoms with Crippen LogP contribution in [0.1, 0.15) is 23.1 Å². The second-order valence-electron chi connectivity index (χ2n) is 7.26. The van der Waals surface area contributed by atoms with Crippen molar-refractivity contribution in [1.82, 2.24) is 0 Å². The van der Waals surface area contributed by atoms with Crippen molar-refractivity contribution < 1.29 is 18.3 Å². The highest BCUT2D eigenvalue weighted by molar-refractivity contribution is 7.93. The highest BCUT2D eigenvalue weighted by atomic mass is 32.2. The summed E-state index contributed by atoms with van der Waals surface area (Å²) >= 11 is 0. The molecule has 3 aromatic rings. The fourth-order valence-electron chi connectivity index (χ4n) is 3.08. The number of carboxylic acid groups (broad SMARTS) is 1. The summed E-state index contributed by atoms with van der Waals surface area (Å²) in [4.78, 5) is 9.00. The fraction of sp³-hybridized carbons (Fsp3) is 0.115. The van der Waals surface area contributed by atoms with Gasteiger partial charge in [-0.05, 0) is 42.3 Å². The van der Waals surface area contributed by atoms with Crippen molar-refractivity contribution in [1.29, 1.82) is 0 Å². The number of carbonyl (C=O) groups is 1. The Bertz CT molecular complexity index is 1360. The molecule has 0 aliphatic heterocycles. The first-order valence-electron chi connectivity index (χ1n) is 9.67. The lowest BCUT2D eigenvalue weighted by Crippen LogP contribution is -2.54. The highest BCUT2D eigenvalue weighted by Gasteiger charge is 2.49. The maximum absolute atomic E-state index is 13.3. The molecule has 32 heavy (non-hydrogen) atoms. The summed E-state index contributed by atoms with van der Waals surface area (Å²) in [6, 6.07) is 20.8. The number of aryl methyl sites for hydroxylation is 1. The lowest BCUT2D eigenvalue weighted by atomic mass is 10.0. The van der Waals surface area contributed by atoms with Crippen LogP contribution in [0.25, 0.3) is 11.1 Å². The number of hydrogen-bond donors (Lipinski definition) is 2. The van der Waals surface area contributed by atoms with Crippen molar-refractivity contribution in [2.45, 2.75) is 23.1 Å². The first kappa shape index (κ1) is 22.8. The van der Waals surface area contributed by atoms with Crippen molar-refractivity contribution in [3.63, 3.8) is 0 Å². The third-order valence-electron chi connectivity index (χ3n) is 5.01. The zero-order valence-electron chi connectivity index (χ0n) is 17.4. The minimum absolute atomic E-state index is 0.0372. The Hall–Kier alpha value is -3.84. The summed E-state index contributed by atoms with van der Waals surface area (Å²) in [5, 5.41) is 9.73. The number of sulfone groups is 1. The third-order valence-corrected chi connectivity index (χ3v) is 7.22. The molecule has 0 amide bonds. The summed E-state index contributed by atoms with van der Waals surface area (Å²) in [5.74, 6) is 5.99. The minimum atomic E-state index is -4.57. The molecule has 0 heterocycles. The van der Waals surface area contributed by atoms with Gasteiger partial charge < -0.3 is 10.8 Å². The summed E-state index contributed by atoms with van der Waals surface area (Å²) in [6.45, 7) is 1.96. The lowest BCUT2D eigenvalue weighted by Gasteiger charge is -2.23. The van der Waals surface area contributed by atoms with E-state index >= 15 is 0 Å². The van der Waals surface area contributed by atoms with Crippen LogP contribution in [0.3, 0.4) is 0 Å². The second-order valence-corrected chi connectivity index (χ2v) is 9.44. The summed E-state index contributed by atoms with van der Waals surface area (Å²) in [6.07, 6.45) is 4.98. The number of hydrogen-bond acceptors (Lipinski definition) is 4. The molecular weight excluding hydrogens is 422 g/mol. The number of benzene rings is 3. The van der Waals surface area contributed by atoms with Crippen LogP contribution in [0.15, 0.2) is 77.7 Å². The maximum atomic E-state index is 13.3. The van der Waals surface area contributed by atoms with Crippen LogP contribution in [-0.2, 0) is 14.6 Å². The summed E-state index contributed by atoms with van der Waals surface area (Å²) < 4.78 is 26.7. The van der Waals surface area contributed by atoms with Crippen LogP contribution in [0.2, 0.25) is 0 Å². The van der Waals surface area contributed by atoms with E-state index in [1.807, 2.05) is 37.3 Å². The Balaban J connectivity index is 2.03. The monoisotopic (exact) mass is 443 g/mol. The number of nitrogens with two attached hydrogens (primary N) is 1. The standard InChI is InChI=1S/C26H21NO4S/c1-3-21-18-23(22-13-11-19(2)12-14-22)15-16-24(21)32(30,31)26(27,25(28)29)17-7-10-20-8-5-4-6-9-20/h1,4-6,8-9,11-16,18H,17,27H2,2H3,(H,28,29). The van der Waals surface area contributed by atoms with Crippen LogP contribution in [-0.4, -0.2) is 24.4 Å². The van der Waals surface area contributed by atoms with Crippen molar-refractivity contribution in [2.24, 2.45) is 5.73 Å². The molecular formula is C26H21NO4S. The van der Waals surface area contributed by atoms with Crippen LogP contribution in [0.4, 0.5) is 0 Å². The van der Waals surface area contributed by atoms with Gasteiger partial charge in [-0.2, -0.15) is 0 Å². The van der Waals surface area contributed by atoms with E-state index in [1.54, 1.807) is 30.3 Å². The van der Waals surface area contributed by atoms with Gasteiger partial charge in [0.05, 0.1) is 11.3 Å². The van der Waals surface area contributed by atoms with Gasteiger partial charge in [-0.25, -0.2) is 13.2 Å². The molecule has 0 aliphatic carbocycles. The van der Waals surface area contributed by atoms with Crippen LogP contribution in [0, 0.1) is 31.1 Å². The fourth-order valence-corrected chi connectivity index (χ4v) is 4.62. The van der Waals surface area contributed by atoms with Crippen molar-refractivity contribution >= 4 is 15.8 Å². The smallest absolute Gasteiger partial charge is 0.340 e. The molecule has 1 atom stereocenters. The van der Waals surface area contributed by atoms with Crippen molar-refractivity contribution in [3.05, 3.63) is 89.5 Å². The van der Waals surface area contributed by atoms with Gasteiger partial charge in [0.2, 0.25) is 14.7 Å². The van der Waals surface area contributed by atoms with Gasteiger partial charge in [-0.3, -0.25) is 0 Å². The highest BCUT2D eigenvalue weighted by Crippen LogP contribution is 2.31. The molecule has 0 bridgehead atoms. The Morgan fingerprint density at radius 3 is 2.25 bits per heavy atom. The average Bonchev–Trinajstić information content (AvgIpc) is 2.79. The SMILES string of the molecule is C#Cc1cc(-c2ccc(C)cc2)ccc1S(=O)(=O)C(N)(CC#Cc1ccccc1)C(=O)O. The number of terminal acetylenes is 1. The molecule has 1 unspecified atom stereocenters. The van der Waals surface area contributed by atoms with Gasteiger partial charge in [-0.1, -0.05) is 71.9 Å². The largest absolute Gasteiger partial charge is 0.479 e. The average molecular weight is 444 g/mol. The molecule has 0 aliphatic rings. The van der Waals surface area contributed by atoms with Gasteiger partial charge in [-0.15, -0.1) is 6.42 Å². The number of aliphatic carboxylic acids is 1. The second kappa shape index (κ2) is 9.11. The molecule has 0 aromatic heterocycles.